The van der Waals surface area contributed by atoms with Gasteiger partial charge in [0.05, 0.1) is 24.3 Å². The van der Waals surface area contributed by atoms with Gasteiger partial charge in [0.25, 0.3) is 0 Å². The largest absolute Gasteiger partial charge is 0.465 e. The van der Waals surface area contributed by atoms with E-state index in [2.05, 4.69) is 4.99 Å². The van der Waals surface area contributed by atoms with Crippen molar-refractivity contribution in [3.8, 4) is 0 Å². The lowest BCUT2D eigenvalue weighted by molar-refractivity contribution is 0.201. The van der Waals surface area contributed by atoms with Crippen molar-refractivity contribution in [2.75, 3.05) is 19.0 Å². The second-order valence-corrected chi connectivity index (χ2v) is 6.13. The fourth-order valence-electron chi connectivity index (χ4n) is 2.47. The van der Waals surface area contributed by atoms with Crippen LogP contribution in [0.2, 0.25) is 0 Å². The molecule has 6 heteroatoms. The topological polar surface area (TPSA) is 56.1 Å². The normalized spacial score (nSPS) is 10.9. The minimum absolute atomic E-state index is 0.0771. The minimum Gasteiger partial charge on any atom is -0.465 e. The molecule has 1 N–H and O–H groups in total. The highest BCUT2D eigenvalue weighted by Gasteiger charge is 2.18. The van der Waals surface area contributed by atoms with Crippen LogP contribution < -0.4 is 4.90 Å². The van der Waals surface area contributed by atoms with Gasteiger partial charge in [-0.15, -0.1) is 0 Å². The average Bonchev–Trinajstić information content (AvgIpc) is 2.53. The maximum atomic E-state index is 13.4. The second-order valence-electron chi connectivity index (χ2n) is 6.13. The number of hydrogen-bond donors (Lipinski definition) is 1. The predicted molar refractivity (Wildman–Crippen MR) is 98.4 cm³/mol. The van der Waals surface area contributed by atoms with Crippen LogP contribution in [0.15, 0.2) is 41.4 Å². The van der Waals surface area contributed by atoms with E-state index in [4.69, 9.17) is 0 Å². The standard InChI is InChI=1S/C19H22FN3O2/c1-13-9-18(14(2)8-17(13)21-12-22(3)4)23(19(24)25)11-15-6-5-7-16(20)10-15/h5-10,12H,11H2,1-4H3,(H,24,25). The zero-order chi connectivity index (χ0) is 18.6. The monoisotopic (exact) mass is 343 g/mol. The summed E-state index contributed by atoms with van der Waals surface area (Å²) < 4.78 is 13.4. The van der Waals surface area contributed by atoms with Crippen molar-refractivity contribution in [3.63, 3.8) is 0 Å². The van der Waals surface area contributed by atoms with E-state index in [1.165, 1.54) is 17.0 Å². The van der Waals surface area contributed by atoms with Gasteiger partial charge >= 0.3 is 6.09 Å². The highest BCUT2D eigenvalue weighted by molar-refractivity contribution is 5.88. The smallest absolute Gasteiger partial charge is 0.412 e. The minimum atomic E-state index is -1.09. The van der Waals surface area contributed by atoms with E-state index < -0.39 is 6.09 Å². The van der Waals surface area contributed by atoms with Gasteiger partial charge in [0.15, 0.2) is 0 Å². The van der Waals surface area contributed by atoms with Gasteiger partial charge in [-0.3, -0.25) is 4.90 Å². The lowest BCUT2D eigenvalue weighted by Gasteiger charge is -2.22. The van der Waals surface area contributed by atoms with Crippen molar-refractivity contribution in [3.05, 3.63) is 58.9 Å². The molecule has 0 saturated heterocycles. The molecule has 0 unspecified atom stereocenters. The summed E-state index contributed by atoms with van der Waals surface area (Å²) in [6.45, 7) is 3.80. The number of amides is 1. The SMILES string of the molecule is Cc1cc(N(Cc2cccc(F)c2)C(=O)O)c(C)cc1N=CN(C)C. The maximum absolute atomic E-state index is 13.4. The van der Waals surface area contributed by atoms with Gasteiger partial charge in [-0.1, -0.05) is 12.1 Å². The summed E-state index contributed by atoms with van der Waals surface area (Å²) in [5.74, 6) is -0.385. The number of halogens is 1. The number of carbonyl (C=O) groups is 1. The van der Waals surface area contributed by atoms with Crippen molar-refractivity contribution in [2.24, 2.45) is 4.99 Å². The van der Waals surface area contributed by atoms with Crippen molar-refractivity contribution >= 4 is 23.8 Å². The number of aliphatic imine (C=N–C) groups is 1. The zero-order valence-corrected chi connectivity index (χ0v) is 14.8. The number of anilines is 1. The summed E-state index contributed by atoms with van der Waals surface area (Å²) in [6.07, 6.45) is 0.611. The van der Waals surface area contributed by atoms with Crippen molar-refractivity contribution in [2.45, 2.75) is 20.4 Å². The van der Waals surface area contributed by atoms with Crippen LogP contribution in [0.4, 0.5) is 20.6 Å². The molecule has 0 aliphatic heterocycles. The molecule has 2 rings (SSSR count). The van der Waals surface area contributed by atoms with E-state index in [0.29, 0.717) is 11.3 Å². The molecular formula is C19H22FN3O2. The summed E-state index contributed by atoms with van der Waals surface area (Å²) in [6, 6.07) is 9.60. The first kappa shape index (κ1) is 18.4. The molecule has 0 aliphatic rings. The Morgan fingerprint density at radius 1 is 1.20 bits per heavy atom. The first-order valence-corrected chi connectivity index (χ1v) is 7.84. The number of benzene rings is 2. The highest BCUT2D eigenvalue weighted by atomic mass is 19.1. The molecule has 2 aromatic carbocycles. The van der Waals surface area contributed by atoms with E-state index in [0.717, 1.165) is 16.8 Å². The van der Waals surface area contributed by atoms with Gasteiger partial charge in [0.2, 0.25) is 0 Å². The molecule has 0 aliphatic carbocycles. The Hall–Kier alpha value is -2.89. The first-order chi connectivity index (χ1) is 11.8. The van der Waals surface area contributed by atoms with E-state index in [1.54, 1.807) is 24.5 Å². The Morgan fingerprint density at radius 2 is 1.92 bits per heavy atom. The fourth-order valence-corrected chi connectivity index (χ4v) is 2.47. The molecule has 0 aromatic heterocycles. The molecule has 2 aromatic rings. The Bertz CT molecular complexity index is 803. The quantitative estimate of drug-likeness (QED) is 0.649. The molecule has 0 heterocycles. The number of hydrogen-bond acceptors (Lipinski definition) is 2. The molecule has 132 valence electrons. The van der Waals surface area contributed by atoms with Crippen molar-refractivity contribution in [1.82, 2.24) is 4.90 Å². The van der Waals surface area contributed by atoms with Gasteiger partial charge in [-0.25, -0.2) is 14.2 Å². The van der Waals surface area contributed by atoms with Crippen LogP contribution in [0.3, 0.4) is 0 Å². The molecule has 25 heavy (non-hydrogen) atoms. The van der Waals surface area contributed by atoms with Crippen LogP contribution in [0.1, 0.15) is 16.7 Å². The van der Waals surface area contributed by atoms with Crippen LogP contribution in [0.25, 0.3) is 0 Å². The summed E-state index contributed by atoms with van der Waals surface area (Å²) in [5.41, 5.74) is 3.60. The summed E-state index contributed by atoms with van der Waals surface area (Å²) in [4.78, 5) is 19.2. The highest BCUT2D eigenvalue weighted by Crippen LogP contribution is 2.30. The van der Waals surface area contributed by atoms with Crippen LogP contribution in [-0.4, -0.2) is 36.5 Å². The third-order valence-electron chi connectivity index (χ3n) is 3.69. The average molecular weight is 343 g/mol. The maximum Gasteiger partial charge on any atom is 0.412 e. The van der Waals surface area contributed by atoms with Gasteiger partial charge in [0, 0.05) is 14.1 Å². The number of rotatable bonds is 5. The molecule has 0 radical (unpaired) electrons. The Morgan fingerprint density at radius 3 is 2.52 bits per heavy atom. The molecule has 1 amide bonds. The van der Waals surface area contributed by atoms with Gasteiger partial charge in [0.1, 0.15) is 5.82 Å². The van der Waals surface area contributed by atoms with Gasteiger partial charge in [-0.2, -0.15) is 0 Å². The third-order valence-corrected chi connectivity index (χ3v) is 3.69. The summed E-state index contributed by atoms with van der Waals surface area (Å²) in [7, 11) is 3.76. The Balaban J connectivity index is 2.38. The van der Waals surface area contributed by atoms with Crippen LogP contribution in [0.5, 0.6) is 0 Å². The van der Waals surface area contributed by atoms with Crippen molar-refractivity contribution < 1.29 is 14.3 Å². The van der Waals surface area contributed by atoms with Crippen molar-refractivity contribution in [1.29, 1.82) is 0 Å². The van der Waals surface area contributed by atoms with E-state index >= 15 is 0 Å². The Kier molecular flexibility index (Phi) is 5.75. The summed E-state index contributed by atoms with van der Waals surface area (Å²) in [5, 5.41) is 9.61. The molecule has 0 fully saturated rings. The Labute approximate surface area is 147 Å². The van der Waals surface area contributed by atoms with Crippen LogP contribution >= 0.6 is 0 Å². The molecular weight excluding hydrogens is 321 g/mol. The third kappa shape index (κ3) is 4.79. The van der Waals surface area contributed by atoms with Crippen LogP contribution in [0, 0.1) is 19.7 Å². The zero-order valence-electron chi connectivity index (χ0n) is 14.8. The molecule has 0 atom stereocenters. The first-order valence-electron chi connectivity index (χ1n) is 7.84. The number of aryl methyl sites for hydroxylation is 2. The van der Waals surface area contributed by atoms with Gasteiger partial charge < -0.3 is 10.0 Å². The number of nitrogens with zero attached hydrogens (tertiary/aromatic N) is 3. The predicted octanol–water partition coefficient (Wildman–Crippen LogP) is 4.35. The lowest BCUT2D eigenvalue weighted by Crippen LogP contribution is -2.29. The molecule has 0 saturated carbocycles. The van der Waals surface area contributed by atoms with E-state index in [1.807, 2.05) is 38.9 Å². The second kappa shape index (κ2) is 7.79. The fraction of sp³-hybridized carbons (Fsp3) is 0.263. The van der Waals surface area contributed by atoms with Crippen LogP contribution in [-0.2, 0) is 6.54 Å². The summed E-state index contributed by atoms with van der Waals surface area (Å²) >= 11 is 0. The molecule has 5 nitrogen and oxygen atoms in total. The molecule has 0 bridgehead atoms. The van der Waals surface area contributed by atoms with E-state index in [9.17, 15) is 14.3 Å². The molecule has 0 spiro atoms. The van der Waals surface area contributed by atoms with E-state index in [-0.39, 0.29) is 12.4 Å². The van der Waals surface area contributed by atoms with Gasteiger partial charge in [-0.05, 0) is 54.8 Å². The lowest BCUT2D eigenvalue weighted by atomic mass is 10.1. The number of carboxylic acid groups (broad SMARTS) is 1.